The van der Waals surface area contributed by atoms with Gasteiger partial charge in [-0.2, -0.15) is 4.72 Å². The average Bonchev–Trinajstić information content (AvgIpc) is 2.29. The molecule has 0 spiro atoms. The first-order valence-corrected chi connectivity index (χ1v) is 7.25. The number of halogens is 1. The van der Waals surface area contributed by atoms with Gasteiger partial charge in [-0.25, -0.2) is 8.42 Å². The van der Waals surface area contributed by atoms with Crippen molar-refractivity contribution in [3.63, 3.8) is 0 Å². The molecule has 0 saturated heterocycles. The van der Waals surface area contributed by atoms with Gasteiger partial charge in [0.15, 0.2) is 0 Å². The Kier molecular flexibility index (Phi) is 5.00. The first-order chi connectivity index (χ1) is 7.60. The van der Waals surface area contributed by atoms with Gasteiger partial charge in [0.05, 0.1) is 11.4 Å². The van der Waals surface area contributed by atoms with Crippen LogP contribution in [-0.2, 0) is 15.4 Å². The summed E-state index contributed by atoms with van der Waals surface area (Å²) in [6.07, 6.45) is 0. The zero-order valence-corrected chi connectivity index (χ0v) is 11.2. The summed E-state index contributed by atoms with van der Waals surface area (Å²) in [5.41, 5.74) is 1.03. The lowest BCUT2D eigenvalue weighted by atomic mass is 10.2. The number of nitrogens with one attached hydrogen (secondary N) is 1. The summed E-state index contributed by atoms with van der Waals surface area (Å²) in [6, 6.07) is 6.71. The Morgan fingerprint density at radius 2 is 1.94 bits per heavy atom. The van der Waals surface area contributed by atoms with Crippen molar-refractivity contribution in [2.45, 2.75) is 17.1 Å². The van der Waals surface area contributed by atoms with Crippen molar-refractivity contribution in [1.82, 2.24) is 4.72 Å². The Bertz CT molecular complexity index is 497. The van der Waals surface area contributed by atoms with Crippen molar-refractivity contribution in [2.24, 2.45) is 0 Å². The van der Waals surface area contributed by atoms with Crippen molar-refractivity contribution in [1.29, 1.82) is 0 Å². The predicted octanol–water partition coefficient (Wildman–Crippen LogP) is 1.88. The van der Waals surface area contributed by atoms with E-state index in [4.69, 9.17) is 0 Å². The van der Waals surface area contributed by atoms with E-state index in [0.717, 1.165) is 5.56 Å². The Hall–Kier alpha value is -0.830. The fourth-order valence-corrected chi connectivity index (χ4v) is 2.36. The number of alkyl halides is 1. The van der Waals surface area contributed by atoms with Crippen LogP contribution in [-0.4, -0.2) is 15.0 Å². The highest BCUT2D eigenvalue weighted by Gasteiger charge is 2.11. The quantitative estimate of drug-likeness (QED) is 0.682. The van der Waals surface area contributed by atoms with Gasteiger partial charge in [0.2, 0.25) is 10.0 Å². The standard InChI is InChI=1S/C11H12BrNO2S/c1-2-3-8-13-16(14,15)11-6-4-10(9-12)5-7-11/h4-7,13H,8-9H2,1H3. The Morgan fingerprint density at radius 3 is 2.44 bits per heavy atom. The smallest absolute Gasteiger partial charge is 0.207 e. The fourth-order valence-electron chi connectivity index (χ4n) is 1.06. The van der Waals surface area contributed by atoms with Crippen LogP contribution in [0.1, 0.15) is 12.5 Å². The summed E-state index contributed by atoms with van der Waals surface area (Å²) < 4.78 is 25.8. The molecule has 0 aromatic heterocycles. The lowest BCUT2D eigenvalue weighted by Gasteiger charge is -2.04. The van der Waals surface area contributed by atoms with Gasteiger partial charge in [-0.1, -0.05) is 34.0 Å². The molecule has 5 heteroatoms. The molecule has 0 aliphatic rings. The molecule has 3 nitrogen and oxygen atoms in total. The number of rotatable bonds is 4. The van der Waals surface area contributed by atoms with Crippen LogP contribution in [0.5, 0.6) is 0 Å². The monoisotopic (exact) mass is 301 g/mol. The number of hydrogen-bond acceptors (Lipinski definition) is 2. The second kappa shape index (κ2) is 6.04. The van der Waals surface area contributed by atoms with Crippen molar-refractivity contribution in [3.8, 4) is 11.8 Å². The maximum Gasteiger partial charge on any atom is 0.241 e. The van der Waals surface area contributed by atoms with Crippen molar-refractivity contribution >= 4 is 26.0 Å². The van der Waals surface area contributed by atoms with Gasteiger partial charge < -0.3 is 0 Å². The van der Waals surface area contributed by atoms with E-state index < -0.39 is 10.0 Å². The van der Waals surface area contributed by atoms with Gasteiger partial charge in [0, 0.05) is 5.33 Å². The molecule has 16 heavy (non-hydrogen) atoms. The molecule has 86 valence electrons. The number of benzene rings is 1. The Balaban J connectivity index is 2.84. The third-order valence-electron chi connectivity index (χ3n) is 1.92. The molecule has 0 fully saturated rings. The van der Waals surface area contributed by atoms with Gasteiger partial charge in [-0.3, -0.25) is 0 Å². The van der Waals surface area contributed by atoms with Gasteiger partial charge in [-0.15, -0.1) is 5.92 Å². The largest absolute Gasteiger partial charge is 0.241 e. The fraction of sp³-hybridized carbons (Fsp3) is 0.273. The molecule has 0 amide bonds. The maximum atomic E-state index is 11.7. The minimum Gasteiger partial charge on any atom is -0.207 e. The molecule has 0 saturated carbocycles. The summed E-state index contributed by atoms with van der Waals surface area (Å²) in [4.78, 5) is 0.259. The number of hydrogen-bond donors (Lipinski definition) is 1. The highest BCUT2D eigenvalue weighted by Crippen LogP contribution is 2.12. The zero-order chi connectivity index (χ0) is 12.0. The third-order valence-corrected chi connectivity index (χ3v) is 3.98. The molecule has 0 heterocycles. The topological polar surface area (TPSA) is 46.2 Å². The minimum atomic E-state index is -3.43. The Morgan fingerprint density at radius 1 is 1.31 bits per heavy atom. The second-order valence-electron chi connectivity index (χ2n) is 3.03. The van der Waals surface area contributed by atoms with Crippen molar-refractivity contribution in [2.75, 3.05) is 6.54 Å². The van der Waals surface area contributed by atoms with E-state index in [1.54, 1.807) is 31.2 Å². The normalized spacial score (nSPS) is 10.6. The SMILES string of the molecule is CC#CCNS(=O)(=O)c1ccc(CBr)cc1. The molecule has 1 rings (SSSR count). The second-order valence-corrected chi connectivity index (χ2v) is 5.36. The summed E-state index contributed by atoms with van der Waals surface area (Å²) in [5, 5.41) is 0.710. The molecule has 0 radical (unpaired) electrons. The highest BCUT2D eigenvalue weighted by molar-refractivity contribution is 9.08. The van der Waals surface area contributed by atoms with Gasteiger partial charge in [0.1, 0.15) is 0 Å². The summed E-state index contributed by atoms with van der Waals surface area (Å²) in [6.45, 7) is 1.80. The van der Waals surface area contributed by atoms with Crippen LogP contribution < -0.4 is 4.72 Å². The molecular formula is C11H12BrNO2S. The van der Waals surface area contributed by atoms with E-state index in [9.17, 15) is 8.42 Å². The van der Waals surface area contributed by atoms with Crippen LogP contribution in [0.4, 0.5) is 0 Å². The average molecular weight is 302 g/mol. The summed E-state index contributed by atoms with van der Waals surface area (Å²) >= 11 is 3.30. The van der Waals surface area contributed by atoms with Crippen molar-refractivity contribution in [3.05, 3.63) is 29.8 Å². The van der Waals surface area contributed by atoms with Crippen LogP contribution in [0.3, 0.4) is 0 Å². The molecule has 0 aliphatic carbocycles. The molecule has 0 bridgehead atoms. The van der Waals surface area contributed by atoms with Crippen molar-refractivity contribution < 1.29 is 8.42 Å². The van der Waals surface area contributed by atoms with Crippen LogP contribution in [0.15, 0.2) is 29.2 Å². The van der Waals surface area contributed by atoms with E-state index in [0.29, 0.717) is 5.33 Å². The molecular weight excluding hydrogens is 290 g/mol. The van der Waals surface area contributed by atoms with E-state index in [-0.39, 0.29) is 11.4 Å². The number of sulfonamides is 1. The predicted molar refractivity (Wildman–Crippen MR) is 67.7 cm³/mol. The Labute approximate surface area is 104 Å². The van der Waals surface area contributed by atoms with Crippen LogP contribution in [0.2, 0.25) is 0 Å². The van der Waals surface area contributed by atoms with Gasteiger partial charge >= 0.3 is 0 Å². The third kappa shape index (κ3) is 3.63. The van der Waals surface area contributed by atoms with Crippen LogP contribution in [0, 0.1) is 11.8 Å². The molecule has 0 aliphatic heterocycles. The van der Waals surface area contributed by atoms with E-state index in [1.807, 2.05) is 0 Å². The lowest BCUT2D eigenvalue weighted by Crippen LogP contribution is -2.23. The molecule has 0 unspecified atom stereocenters. The van der Waals surface area contributed by atoms with Crippen LogP contribution >= 0.6 is 15.9 Å². The highest BCUT2D eigenvalue weighted by atomic mass is 79.9. The van der Waals surface area contributed by atoms with E-state index in [1.165, 1.54) is 0 Å². The molecule has 1 aromatic rings. The molecule has 0 atom stereocenters. The van der Waals surface area contributed by atoms with Gasteiger partial charge in [-0.05, 0) is 24.6 Å². The lowest BCUT2D eigenvalue weighted by molar-refractivity contribution is 0.586. The minimum absolute atomic E-state index is 0.138. The first-order valence-electron chi connectivity index (χ1n) is 4.64. The maximum absolute atomic E-state index is 11.7. The summed E-state index contributed by atoms with van der Waals surface area (Å²) in [5.74, 6) is 5.28. The molecule has 1 aromatic carbocycles. The van der Waals surface area contributed by atoms with Crippen LogP contribution in [0.25, 0.3) is 0 Å². The summed E-state index contributed by atoms with van der Waals surface area (Å²) in [7, 11) is -3.43. The van der Waals surface area contributed by atoms with E-state index >= 15 is 0 Å². The van der Waals surface area contributed by atoms with E-state index in [2.05, 4.69) is 32.5 Å². The first kappa shape index (κ1) is 13.2. The molecule has 1 N–H and O–H groups in total. The van der Waals surface area contributed by atoms with Gasteiger partial charge in [0.25, 0.3) is 0 Å². The zero-order valence-electron chi connectivity index (χ0n) is 8.83.